The van der Waals surface area contributed by atoms with Crippen molar-refractivity contribution in [2.24, 2.45) is 4.99 Å². The predicted octanol–water partition coefficient (Wildman–Crippen LogP) is 4.84. The molecule has 0 aromatic heterocycles. The number of nitrogens with zero attached hydrogens (tertiary/aromatic N) is 2. The van der Waals surface area contributed by atoms with E-state index in [9.17, 15) is 15.2 Å². The highest BCUT2D eigenvalue weighted by Gasteiger charge is 2.20. The summed E-state index contributed by atoms with van der Waals surface area (Å²) in [5.41, 5.74) is 0.969. The first-order valence-corrected chi connectivity index (χ1v) is 7.95. The van der Waals surface area contributed by atoms with Crippen LogP contribution in [0.25, 0.3) is 10.8 Å². The second-order valence-electron chi connectivity index (χ2n) is 5.67. The van der Waals surface area contributed by atoms with Crippen LogP contribution in [0, 0.1) is 24.0 Å². The van der Waals surface area contributed by atoms with Gasteiger partial charge >= 0.3 is 0 Å². The maximum absolute atomic E-state index is 12.5. The van der Waals surface area contributed by atoms with Crippen molar-refractivity contribution in [1.29, 1.82) is 0 Å². The molecular formula is C19H14ClN2O3-. The van der Waals surface area contributed by atoms with Gasteiger partial charge in [0.1, 0.15) is 0 Å². The molecule has 0 aliphatic carbocycles. The van der Waals surface area contributed by atoms with Gasteiger partial charge in [0.2, 0.25) is 0 Å². The van der Waals surface area contributed by atoms with Gasteiger partial charge in [-0.15, -0.1) is 0 Å². The molecule has 0 unspecified atom stereocenters. The molecule has 6 heteroatoms. The molecule has 0 saturated heterocycles. The first-order chi connectivity index (χ1) is 11.9. The third kappa shape index (κ3) is 2.94. The standard InChI is InChI=1S/C19H15ClN2O3/c1-11-15(19(23)18(22(24)25)12(2)17(11)20)10-21-16-9-5-7-13-6-3-4-8-14(13)16/h3-10,23H,1-2H3/p-1. The topological polar surface area (TPSA) is 78.6 Å². The molecule has 3 rings (SSSR count). The van der Waals surface area contributed by atoms with E-state index in [1.54, 1.807) is 6.92 Å². The summed E-state index contributed by atoms with van der Waals surface area (Å²) in [5.74, 6) is -0.673. The van der Waals surface area contributed by atoms with Gasteiger partial charge in [-0.3, -0.25) is 15.1 Å². The number of nitro groups is 1. The number of hydrogen-bond acceptors (Lipinski definition) is 4. The smallest absolute Gasteiger partial charge is 0.266 e. The summed E-state index contributed by atoms with van der Waals surface area (Å²) < 4.78 is 0. The Kier molecular flexibility index (Phi) is 4.42. The zero-order valence-corrected chi connectivity index (χ0v) is 14.4. The quantitative estimate of drug-likeness (QED) is 0.384. The van der Waals surface area contributed by atoms with E-state index in [-0.39, 0.29) is 16.1 Å². The number of nitro benzene ring substituents is 1. The average Bonchev–Trinajstić information content (AvgIpc) is 2.59. The molecule has 3 aromatic rings. The number of halogens is 1. The van der Waals surface area contributed by atoms with Gasteiger partial charge in [0.15, 0.2) is 0 Å². The molecule has 0 bridgehead atoms. The second kappa shape index (κ2) is 6.53. The van der Waals surface area contributed by atoms with Crippen LogP contribution in [0.4, 0.5) is 11.4 Å². The number of hydrogen-bond donors (Lipinski definition) is 0. The molecule has 0 saturated carbocycles. The van der Waals surface area contributed by atoms with Gasteiger partial charge in [0.25, 0.3) is 5.69 Å². The third-order valence-electron chi connectivity index (χ3n) is 4.16. The Morgan fingerprint density at radius 1 is 1.08 bits per heavy atom. The van der Waals surface area contributed by atoms with Gasteiger partial charge in [-0.05, 0) is 42.2 Å². The van der Waals surface area contributed by atoms with E-state index in [1.807, 2.05) is 42.5 Å². The van der Waals surface area contributed by atoms with E-state index in [2.05, 4.69) is 4.99 Å². The second-order valence-corrected chi connectivity index (χ2v) is 6.05. The number of benzene rings is 3. The van der Waals surface area contributed by atoms with Gasteiger partial charge in [-0.2, -0.15) is 0 Å². The number of rotatable bonds is 3. The van der Waals surface area contributed by atoms with Crippen LogP contribution < -0.4 is 5.11 Å². The minimum absolute atomic E-state index is 0.134. The first kappa shape index (κ1) is 16.9. The molecule has 5 nitrogen and oxygen atoms in total. The first-order valence-electron chi connectivity index (χ1n) is 7.57. The van der Waals surface area contributed by atoms with E-state index in [0.29, 0.717) is 11.3 Å². The lowest BCUT2D eigenvalue weighted by atomic mass is 10.0. The Labute approximate surface area is 149 Å². The van der Waals surface area contributed by atoms with Crippen LogP contribution >= 0.6 is 11.6 Å². The zero-order valence-electron chi connectivity index (χ0n) is 13.6. The largest absolute Gasteiger partial charge is 0.867 e. The Morgan fingerprint density at radius 2 is 1.76 bits per heavy atom. The maximum atomic E-state index is 12.5. The van der Waals surface area contributed by atoms with Crippen LogP contribution in [0.15, 0.2) is 47.5 Å². The van der Waals surface area contributed by atoms with Gasteiger partial charge in [0.05, 0.1) is 15.6 Å². The fourth-order valence-electron chi connectivity index (χ4n) is 2.80. The van der Waals surface area contributed by atoms with Crippen molar-refractivity contribution in [3.05, 3.63) is 74.3 Å². The van der Waals surface area contributed by atoms with Crippen molar-refractivity contribution < 1.29 is 10.0 Å². The lowest BCUT2D eigenvalue weighted by Gasteiger charge is -2.17. The molecule has 3 aromatic carbocycles. The highest BCUT2D eigenvalue weighted by atomic mass is 35.5. The predicted molar refractivity (Wildman–Crippen MR) is 98.2 cm³/mol. The van der Waals surface area contributed by atoms with Crippen LogP contribution in [-0.2, 0) is 0 Å². The lowest BCUT2D eigenvalue weighted by molar-refractivity contribution is -0.398. The molecule has 0 amide bonds. The highest BCUT2D eigenvalue weighted by molar-refractivity contribution is 6.33. The van der Waals surface area contributed by atoms with Crippen molar-refractivity contribution in [3.63, 3.8) is 0 Å². The summed E-state index contributed by atoms with van der Waals surface area (Å²) in [6, 6.07) is 13.4. The van der Waals surface area contributed by atoms with Crippen LogP contribution in [-0.4, -0.2) is 11.1 Å². The summed E-state index contributed by atoms with van der Waals surface area (Å²) in [7, 11) is 0. The molecule has 126 valence electrons. The molecule has 0 N–H and O–H groups in total. The summed E-state index contributed by atoms with van der Waals surface area (Å²) in [4.78, 5) is 14.9. The van der Waals surface area contributed by atoms with Crippen LogP contribution in [0.1, 0.15) is 16.7 Å². The summed E-state index contributed by atoms with van der Waals surface area (Å²) in [5, 5.41) is 25.9. The van der Waals surface area contributed by atoms with E-state index in [4.69, 9.17) is 11.6 Å². The minimum Gasteiger partial charge on any atom is -0.867 e. The van der Waals surface area contributed by atoms with Gasteiger partial charge in [-0.1, -0.05) is 48.0 Å². The molecule has 0 aliphatic heterocycles. The monoisotopic (exact) mass is 353 g/mol. The Bertz CT molecular complexity index is 1020. The molecule has 0 aliphatic rings. The summed E-state index contributed by atoms with van der Waals surface area (Å²) in [6.45, 7) is 3.13. The fraction of sp³-hybridized carbons (Fsp3) is 0.105. The van der Waals surface area contributed by atoms with Crippen molar-refractivity contribution in [2.45, 2.75) is 13.8 Å². The van der Waals surface area contributed by atoms with E-state index in [0.717, 1.165) is 10.8 Å². The molecule has 0 atom stereocenters. The van der Waals surface area contributed by atoms with E-state index in [1.165, 1.54) is 13.1 Å². The Morgan fingerprint density at radius 3 is 2.48 bits per heavy atom. The van der Waals surface area contributed by atoms with Gasteiger partial charge < -0.3 is 5.11 Å². The summed E-state index contributed by atoms with van der Waals surface area (Å²) in [6.07, 6.45) is 1.36. The van der Waals surface area contributed by atoms with Gasteiger partial charge in [0, 0.05) is 17.2 Å². The van der Waals surface area contributed by atoms with E-state index < -0.39 is 16.4 Å². The molecule has 0 spiro atoms. The van der Waals surface area contributed by atoms with Crippen molar-refractivity contribution in [1.82, 2.24) is 0 Å². The number of aliphatic imine (C=N–C) groups is 1. The minimum atomic E-state index is -0.696. The summed E-state index contributed by atoms with van der Waals surface area (Å²) >= 11 is 6.18. The van der Waals surface area contributed by atoms with Crippen molar-refractivity contribution in [3.8, 4) is 5.75 Å². The molecule has 0 radical (unpaired) electrons. The number of fused-ring (bicyclic) bond motifs is 1. The van der Waals surface area contributed by atoms with Crippen molar-refractivity contribution in [2.75, 3.05) is 0 Å². The van der Waals surface area contributed by atoms with E-state index >= 15 is 0 Å². The molecule has 0 fully saturated rings. The fourth-order valence-corrected chi connectivity index (χ4v) is 2.99. The maximum Gasteiger partial charge on any atom is 0.266 e. The lowest BCUT2D eigenvalue weighted by Crippen LogP contribution is -2.07. The Balaban J connectivity index is 2.17. The van der Waals surface area contributed by atoms with Crippen LogP contribution in [0.2, 0.25) is 5.02 Å². The molecule has 25 heavy (non-hydrogen) atoms. The highest BCUT2D eigenvalue weighted by Crippen LogP contribution is 2.38. The third-order valence-corrected chi connectivity index (χ3v) is 4.73. The van der Waals surface area contributed by atoms with Crippen LogP contribution in [0.3, 0.4) is 0 Å². The van der Waals surface area contributed by atoms with Crippen molar-refractivity contribution >= 4 is 40.0 Å². The SMILES string of the molecule is Cc1c(Cl)c(C)c([N+](=O)[O-])c([O-])c1C=Nc1cccc2ccccc12. The molecular weight excluding hydrogens is 340 g/mol. The Hall–Kier alpha value is -2.92. The van der Waals surface area contributed by atoms with Crippen LogP contribution in [0.5, 0.6) is 5.75 Å². The van der Waals surface area contributed by atoms with Gasteiger partial charge in [-0.25, -0.2) is 0 Å². The molecule has 0 heterocycles. The normalized spacial score (nSPS) is 11.3. The zero-order chi connectivity index (χ0) is 18.1. The average molecular weight is 354 g/mol.